The first-order valence-corrected chi connectivity index (χ1v) is 17.8. The molecule has 6 nitrogen and oxygen atoms in total. The Morgan fingerprint density at radius 2 is 0.745 bits per heavy atom. The number of hydrogen-bond donors (Lipinski definition) is 0. The van der Waals surface area contributed by atoms with Crippen LogP contribution >= 0.6 is 0 Å². The highest BCUT2D eigenvalue weighted by Crippen LogP contribution is 2.36. The zero-order valence-electron chi connectivity index (χ0n) is 30.1. The van der Waals surface area contributed by atoms with Gasteiger partial charge in [-0.15, -0.1) is 0 Å². The lowest BCUT2D eigenvalue weighted by molar-refractivity contribution is -0.129. The molecule has 268 valence electrons. The van der Waals surface area contributed by atoms with E-state index in [0.717, 1.165) is 68.4 Å². The highest BCUT2D eigenvalue weighted by molar-refractivity contribution is 5.84. The molecule has 7 aromatic rings. The summed E-state index contributed by atoms with van der Waals surface area (Å²) >= 11 is 0. The lowest BCUT2D eigenvalue weighted by Crippen LogP contribution is -2.16. The van der Waals surface area contributed by atoms with E-state index < -0.39 is 11.9 Å². The molecule has 0 N–H and O–H groups in total. The van der Waals surface area contributed by atoms with Crippen molar-refractivity contribution in [1.29, 1.82) is 0 Å². The van der Waals surface area contributed by atoms with E-state index >= 15 is 0 Å². The van der Waals surface area contributed by atoms with Gasteiger partial charge in [-0.25, -0.2) is 9.59 Å². The molecule has 0 saturated heterocycles. The Morgan fingerprint density at radius 1 is 0.418 bits per heavy atom. The molecule has 0 spiro atoms. The number of carbonyl (C=O) groups is 2. The Hall–Kier alpha value is -7.44. The van der Waals surface area contributed by atoms with E-state index in [1.54, 1.807) is 24.3 Å². The van der Waals surface area contributed by atoms with Gasteiger partial charge in [-0.05, 0) is 113 Å². The number of rotatable bonds is 13. The molecule has 0 aliphatic rings. The third-order valence-corrected chi connectivity index (χ3v) is 9.07. The molecular formula is C49H38N2O4. The fourth-order valence-corrected chi connectivity index (χ4v) is 6.28. The van der Waals surface area contributed by atoms with Crippen molar-refractivity contribution >= 4 is 40.4 Å². The van der Waals surface area contributed by atoms with E-state index in [-0.39, 0.29) is 0 Å². The van der Waals surface area contributed by atoms with Crippen molar-refractivity contribution in [3.05, 3.63) is 213 Å². The van der Waals surface area contributed by atoms with Crippen LogP contribution in [0, 0.1) is 0 Å². The van der Waals surface area contributed by atoms with Gasteiger partial charge in [0.2, 0.25) is 0 Å². The van der Waals surface area contributed by atoms with Crippen LogP contribution in [0.3, 0.4) is 0 Å². The molecule has 0 atom stereocenters. The van der Waals surface area contributed by atoms with E-state index in [1.165, 1.54) is 0 Å². The Kier molecular flexibility index (Phi) is 11.1. The molecule has 0 radical (unpaired) electrons. The second kappa shape index (κ2) is 16.9. The van der Waals surface area contributed by atoms with E-state index in [0.29, 0.717) is 18.0 Å². The predicted molar refractivity (Wildman–Crippen MR) is 222 cm³/mol. The standard InChI is InChI=1S/C49H38N2O4/c1-3-48(52)54-46-31-21-39(22-32-46)37-17-27-41(28-18-37)50(42-29-19-38(20-30-42)40-23-33-47(34-24-40)55-49(53)4-2)35-36-15-25-45(26-16-36)51(43-11-7-5-8-12-43)44-13-9-6-10-14-44/h3-34H,1-2,35H2. The van der Waals surface area contributed by atoms with Gasteiger partial charge in [0, 0.05) is 47.1 Å². The lowest BCUT2D eigenvalue weighted by Gasteiger charge is -2.27. The molecule has 0 aliphatic heterocycles. The summed E-state index contributed by atoms with van der Waals surface area (Å²) in [5, 5.41) is 0. The highest BCUT2D eigenvalue weighted by atomic mass is 16.5. The number of benzene rings is 7. The minimum absolute atomic E-state index is 0.466. The van der Waals surface area contributed by atoms with Crippen molar-refractivity contribution in [3.8, 4) is 33.8 Å². The second-order valence-corrected chi connectivity index (χ2v) is 12.7. The summed E-state index contributed by atoms with van der Waals surface area (Å²) in [6.45, 7) is 7.55. The van der Waals surface area contributed by atoms with Gasteiger partial charge in [-0.3, -0.25) is 0 Å². The van der Waals surface area contributed by atoms with Crippen molar-refractivity contribution in [2.45, 2.75) is 6.54 Å². The SMILES string of the molecule is C=CC(=O)Oc1ccc(-c2ccc(N(Cc3ccc(N(c4ccccc4)c4ccccc4)cc3)c3ccc(-c4ccc(OC(=O)C=C)cc4)cc3)cc2)cc1. The normalized spacial score (nSPS) is 10.5. The average molecular weight is 719 g/mol. The maximum absolute atomic E-state index is 11.6. The summed E-state index contributed by atoms with van der Waals surface area (Å²) in [7, 11) is 0. The van der Waals surface area contributed by atoms with Crippen molar-refractivity contribution in [3.63, 3.8) is 0 Å². The smallest absolute Gasteiger partial charge is 0.335 e. The van der Waals surface area contributed by atoms with Crippen molar-refractivity contribution in [2.24, 2.45) is 0 Å². The van der Waals surface area contributed by atoms with E-state index in [1.807, 2.05) is 36.4 Å². The molecule has 0 amide bonds. The molecule has 7 rings (SSSR count). The minimum atomic E-state index is -0.492. The van der Waals surface area contributed by atoms with Crippen LogP contribution in [-0.4, -0.2) is 11.9 Å². The number of carbonyl (C=O) groups excluding carboxylic acids is 2. The third kappa shape index (κ3) is 8.79. The number of nitrogens with zero attached hydrogens (tertiary/aromatic N) is 2. The Bertz CT molecular complexity index is 2230. The van der Waals surface area contributed by atoms with Gasteiger partial charge in [0.25, 0.3) is 0 Å². The maximum Gasteiger partial charge on any atom is 0.335 e. The van der Waals surface area contributed by atoms with Gasteiger partial charge in [-0.2, -0.15) is 0 Å². The summed E-state index contributed by atoms with van der Waals surface area (Å²) in [5.74, 6) is -0.0506. The highest BCUT2D eigenvalue weighted by Gasteiger charge is 2.15. The van der Waals surface area contributed by atoms with E-state index in [9.17, 15) is 9.59 Å². The van der Waals surface area contributed by atoms with Gasteiger partial charge in [0.1, 0.15) is 11.5 Å². The second-order valence-electron chi connectivity index (χ2n) is 12.7. The molecule has 0 bridgehead atoms. The topological polar surface area (TPSA) is 59.1 Å². The monoisotopic (exact) mass is 718 g/mol. The van der Waals surface area contributed by atoms with Gasteiger partial charge >= 0.3 is 11.9 Å². The van der Waals surface area contributed by atoms with E-state index in [2.05, 4.69) is 144 Å². The van der Waals surface area contributed by atoms with Crippen LogP contribution in [0.1, 0.15) is 5.56 Å². The molecule has 0 saturated carbocycles. The minimum Gasteiger partial charge on any atom is -0.423 e. The molecule has 7 aromatic carbocycles. The zero-order valence-corrected chi connectivity index (χ0v) is 30.1. The molecule has 0 heterocycles. The van der Waals surface area contributed by atoms with Crippen LogP contribution in [0.5, 0.6) is 11.5 Å². The summed E-state index contributed by atoms with van der Waals surface area (Å²) in [5.41, 5.74) is 10.5. The largest absolute Gasteiger partial charge is 0.423 e. The molecule has 55 heavy (non-hydrogen) atoms. The molecular weight excluding hydrogens is 681 g/mol. The third-order valence-electron chi connectivity index (χ3n) is 9.07. The van der Waals surface area contributed by atoms with Crippen LogP contribution in [0.25, 0.3) is 22.3 Å². The predicted octanol–water partition coefficient (Wildman–Crippen LogP) is 12.0. The molecule has 0 unspecified atom stereocenters. The number of anilines is 5. The maximum atomic E-state index is 11.6. The first-order valence-electron chi connectivity index (χ1n) is 17.8. The molecule has 0 aromatic heterocycles. The Labute approximate surface area is 321 Å². The number of ether oxygens (including phenoxy) is 2. The van der Waals surface area contributed by atoms with Gasteiger partial charge in [0.05, 0.1) is 0 Å². The van der Waals surface area contributed by atoms with Gasteiger partial charge in [0.15, 0.2) is 0 Å². The number of para-hydroxylation sites is 2. The van der Waals surface area contributed by atoms with Crippen LogP contribution in [-0.2, 0) is 16.1 Å². The zero-order chi connectivity index (χ0) is 38.0. The van der Waals surface area contributed by atoms with Crippen LogP contribution in [0.4, 0.5) is 28.4 Å². The van der Waals surface area contributed by atoms with Gasteiger partial charge < -0.3 is 19.3 Å². The average Bonchev–Trinajstić information content (AvgIpc) is 3.25. The Morgan fingerprint density at radius 3 is 1.11 bits per heavy atom. The number of hydrogen-bond acceptors (Lipinski definition) is 6. The van der Waals surface area contributed by atoms with Crippen LogP contribution in [0.2, 0.25) is 0 Å². The van der Waals surface area contributed by atoms with E-state index in [4.69, 9.17) is 9.47 Å². The first kappa shape index (κ1) is 35.9. The summed E-state index contributed by atoms with van der Waals surface area (Å²) in [4.78, 5) is 27.8. The van der Waals surface area contributed by atoms with Crippen LogP contribution < -0.4 is 19.3 Å². The van der Waals surface area contributed by atoms with Crippen molar-refractivity contribution < 1.29 is 19.1 Å². The summed E-state index contributed by atoms with van der Waals surface area (Å²) < 4.78 is 10.5. The lowest BCUT2D eigenvalue weighted by atomic mass is 10.0. The summed E-state index contributed by atoms with van der Waals surface area (Å²) in [6, 6.07) is 61.2. The summed E-state index contributed by atoms with van der Waals surface area (Å²) in [6.07, 6.45) is 2.29. The molecule has 6 heteroatoms. The van der Waals surface area contributed by atoms with Crippen LogP contribution in [0.15, 0.2) is 207 Å². The van der Waals surface area contributed by atoms with Gasteiger partial charge in [-0.1, -0.05) is 110 Å². The van der Waals surface area contributed by atoms with Crippen molar-refractivity contribution in [1.82, 2.24) is 0 Å². The Balaban J connectivity index is 1.18. The molecule has 0 fully saturated rings. The fraction of sp³-hybridized carbons (Fsp3) is 0.0204. The molecule has 0 aliphatic carbocycles. The fourth-order valence-electron chi connectivity index (χ4n) is 6.28. The van der Waals surface area contributed by atoms with Crippen molar-refractivity contribution in [2.75, 3.05) is 9.80 Å². The number of esters is 2. The quantitative estimate of drug-likeness (QED) is 0.0672. The first-order chi connectivity index (χ1) is 27.0.